The van der Waals surface area contributed by atoms with Crippen LogP contribution < -0.4 is 15.2 Å². The first kappa shape index (κ1) is 13.0. The van der Waals surface area contributed by atoms with E-state index in [9.17, 15) is 0 Å². The molecule has 0 aliphatic carbocycles. The molecule has 1 aliphatic heterocycles. The third kappa shape index (κ3) is 2.25. The number of rotatable bonds is 3. The summed E-state index contributed by atoms with van der Waals surface area (Å²) in [6, 6.07) is 14.3. The molecule has 0 radical (unpaired) electrons. The number of hydrogen-bond acceptors (Lipinski definition) is 3. The lowest BCUT2D eigenvalue weighted by Crippen LogP contribution is -2.34. The van der Waals surface area contributed by atoms with Gasteiger partial charge in [-0.2, -0.15) is 0 Å². The van der Waals surface area contributed by atoms with Gasteiger partial charge in [-0.3, -0.25) is 0 Å². The number of para-hydroxylation sites is 1. The molecule has 0 spiro atoms. The minimum absolute atomic E-state index is 0.0283. The van der Waals surface area contributed by atoms with Gasteiger partial charge in [0, 0.05) is 18.0 Å². The van der Waals surface area contributed by atoms with E-state index in [2.05, 4.69) is 24.3 Å². The predicted molar refractivity (Wildman–Crippen MR) is 80.2 cm³/mol. The molecule has 3 rings (SSSR count). The monoisotopic (exact) mass is 269 g/mol. The average molecular weight is 269 g/mol. The van der Waals surface area contributed by atoms with E-state index < -0.39 is 0 Å². The maximum Gasteiger partial charge on any atom is 0.130 e. The Hall–Kier alpha value is -2.00. The molecular weight excluding hydrogens is 250 g/mol. The lowest BCUT2D eigenvalue weighted by atomic mass is 9.99. The summed E-state index contributed by atoms with van der Waals surface area (Å²) in [5.74, 6) is 1.81. The summed E-state index contributed by atoms with van der Waals surface area (Å²) in [6.07, 6.45) is 0.946. The minimum atomic E-state index is 0.0283. The summed E-state index contributed by atoms with van der Waals surface area (Å²) >= 11 is 0. The third-order valence-corrected chi connectivity index (χ3v) is 3.75. The maximum absolute atomic E-state index is 6.06. The average Bonchev–Trinajstić information content (AvgIpc) is 2.91. The SMILES string of the molecule is COc1cccc(-c2cccc3c2OC(C(C)N)C3)c1. The molecule has 2 N–H and O–H groups in total. The molecule has 1 aliphatic rings. The molecule has 0 aromatic heterocycles. The number of methoxy groups -OCH3 is 1. The molecule has 3 nitrogen and oxygen atoms in total. The highest BCUT2D eigenvalue weighted by Gasteiger charge is 2.28. The molecule has 104 valence electrons. The standard InChI is InChI=1S/C17H19NO2/c1-11(18)16-10-13-6-4-8-15(17(13)20-16)12-5-3-7-14(9-12)19-2/h3-9,11,16H,10,18H2,1-2H3. The first-order valence-electron chi connectivity index (χ1n) is 6.87. The number of fused-ring (bicyclic) bond motifs is 1. The van der Waals surface area contributed by atoms with E-state index in [1.807, 2.05) is 25.1 Å². The summed E-state index contributed by atoms with van der Waals surface area (Å²) in [6.45, 7) is 1.99. The van der Waals surface area contributed by atoms with Crippen molar-refractivity contribution in [2.24, 2.45) is 5.73 Å². The van der Waals surface area contributed by atoms with Crippen LogP contribution in [-0.4, -0.2) is 19.3 Å². The first-order chi connectivity index (χ1) is 9.69. The van der Waals surface area contributed by atoms with Crippen molar-refractivity contribution < 1.29 is 9.47 Å². The fourth-order valence-electron chi connectivity index (χ4n) is 2.61. The Morgan fingerprint density at radius 2 is 2.05 bits per heavy atom. The van der Waals surface area contributed by atoms with Gasteiger partial charge in [-0.05, 0) is 30.2 Å². The van der Waals surface area contributed by atoms with Crippen LogP contribution in [0.5, 0.6) is 11.5 Å². The Kier molecular flexibility index (Phi) is 3.36. The molecule has 0 amide bonds. The van der Waals surface area contributed by atoms with Crippen molar-refractivity contribution in [1.29, 1.82) is 0 Å². The van der Waals surface area contributed by atoms with Gasteiger partial charge in [0.05, 0.1) is 7.11 Å². The van der Waals surface area contributed by atoms with Crippen molar-refractivity contribution in [1.82, 2.24) is 0 Å². The maximum atomic E-state index is 6.06. The Morgan fingerprint density at radius 3 is 2.80 bits per heavy atom. The van der Waals surface area contributed by atoms with E-state index in [-0.39, 0.29) is 12.1 Å². The van der Waals surface area contributed by atoms with E-state index in [4.69, 9.17) is 15.2 Å². The summed E-state index contributed by atoms with van der Waals surface area (Å²) in [4.78, 5) is 0. The molecule has 1 heterocycles. The fraction of sp³-hybridized carbons (Fsp3) is 0.294. The molecule has 0 bridgehead atoms. The smallest absolute Gasteiger partial charge is 0.130 e. The third-order valence-electron chi connectivity index (χ3n) is 3.75. The zero-order valence-electron chi connectivity index (χ0n) is 11.8. The lowest BCUT2D eigenvalue weighted by molar-refractivity contribution is 0.207. The quantitative estimate of drug-likeness (QED) is 0.931. The van der Waals surface area contributed by atoms with Crippen LogP contribution in [0.15, 0.2) is 42.5 Å². The zero-order chi connectivity index (χ0) is 14.1. The normalized spacial score (nSPS) is 18.2. The lowest BCUT2D eigenvalue weighted by Gasteiger charge is -2.15. The second-order valence-corrected chi connectivity index (χ2v) is 5.25. The van der Waals surface area contributed by atoms with Gasteiger partial charge in [0.1, 0.15) is 17.6 Å². The topological polar surface area (TPSA) is 44.5 Å². The predicted octanol–water partition coefficient (Wildman–Crippen LogP) is 3.01. The summed E-state index contributed by atoms with van der Waals surface area (Å²) in [5, 5.41) is 0. The molecule has 2 aromatic rings. The van der Waals surface area contributed by atoms with Gasteiger partial charge in [0.15, 0.2) is 0 Å². The molecular formula is C17H19NO2. The number of hydrogen-bond donors (Lipinski definition) is 1. The minimum Gasteiger partial charge on any atom is -0.497 e. The highest BCUT2D eigenvalue weighted by Crippen LogP contribution is 2.39. The van der Waals surface area contributed by atoms with Crippen LogP contribution in [0.4, 0.5) is 0 Å². The second kappa shape index (κ2) is 5.17. The molecule has 3 heteroatoms. The molecule has 20 heavy (non-hydrogen) atoms. The number of nitrogens with two attached hydrogens (primary N) is 1. The summed E-state index contributed by atoms with van der Waals surface area (Å²) < 4.78 is 11.4. The Morgan fingerprint density at radius 1 is 1.25 bits per heavy atom. The molecule has 0 saturated carbocycles. The van der Waals surface area contributed by atoms with Gasteiger partial charge in [-0.25, -0.2) is 0 Å². The largest absolute Gasteiger partial charge is 0.497 e. The van der Waals surface area contributed by atoms with Crippen LogP contribution in [0.2, 0.25) is 0 Å². The van der Waals surface area contributed by atoms with Crippen molar-refractivity contribution in [3.05, 3.63) is 48.0 Å². The van der Waals surface area contributed by atoms with Crippen molar-refractivity contribution in [2.45, 2.75) is 25.5 Å². The van der Waals surface area contributed by atoms with Gasteiger partial charge in [-0.15, -0.1) is 0 Å². The van der Waals surface area contributed by atoms with Crippen molar-refractivity contribution in [2.75, 3.05) is 7.11 Å². The Labute approximate surface area is 119 Å². The van der Waals surface area contributed by atoms with Crippen LogP contribution in [0.1, 0.15) is 12.5 Å². The van der Waals surface area contributed by atoms with Crippen LogP contribution in [0.3, 0.4) is 0 Å². The Balaban J connectivity index is 2.02. The highest BCUT2D eigenvalue weighted by atomic mass is 16.5. The second-order valence-electron chi connectivity index (χ2n) is 5.25. The van der Waals surface area contributed by atoms with E-state index in [0.717, 1.165) is 29.0 Å². The van der Waals surface area contributed by atoms with Gasteiger partial charge >= 0.3 is 0 Å². The number of benzene rings is 2. The van der Waals surface area contributed by atoms with Gasteiger partial charge in [-0.1, -0.05) is 30.3 Å². The zero-order valence-corrected chi connectivity index (χ0v) is 11.8. The van der Waals surface area contributed by atoms with Gasteiger partial charge in [0.2, 0.25) is 0 Å². The van der Waals surface area contributed by atoms with Crippen LogP contribution >= 0.6 is 0 Å². The van der Waals surface area contributed by atoms with Gasteiger partial charge < -0.3 is 15.2 Å². The number of ether oxygens (including phenoxy) is 2. The van der Waals surface area contributed by atoms with E-state index in [1.54, 1.807) is 7.11 Å². The molecule has 0 fully saturated rings. The van der Waals surface area contributed by atoms with Crippen molar-refractivity contribution in [3.8, 4) is 22.6 Å². The van der Waals surface area contributed by atoms with Crippen LogP contribution in [0, 0.1) is 0 Å². The molecule has 0 saturated heterocycles. The van der Waals surface area contributed by atoms with Crippen LogP contribution in [-0.2, 0) is 6.42 Å². The fourth-order valence-corrected chi connectivity index (χ4v) is 2.61. The van der Waals surface area contributed by atoms with Crippen molar-refractivity contribution >= 4 is 0 Å². The van der Waals surface area contributed by atoms with Crippen molar-refractivity contribution in [3.63, 3.8) is 0 Å². The summed E-state index contributed by atoms with van der Waals surface area (Å²) in [7, 11) is 1.68. The van der Waals surface area contributed by atoms with E-state index >= 15 is 0 Å². The van der Waals surface area contributed by atoms with E-state index in [0.29, 0.717) is 0 Å². The molecule has 2 unspecified atom stereocenters. The Bertz CT molecular complexity index is 622. The summed E-state index contributed by atoms with van der Waals surface area (Å²) in [5.41, 5.74) is 9.40. The molecule has 2 aromatic carbocycles. The van der Waals surface area contributed by atoms with Crippen LogP contribution in [0.25, 0.3) is 11.1 Å². The van der Waals surface area contributed by atoms with E-state index in [1.165, 1.54) is 5.56 Å². The first-order valence-corrected chi connectivity index (χ1v) is 6.87. The molecule has 2 atom stereocenters. The highest BCUT2D eigenvalue weighted by molar-refractivity contribution is 5.74. The van der Waals surface area contributed by atoms with Gasteiger partial charge in [0.25, 0.3) is 0 Å².